The summed E-state index contributed by atoms with van der Waals surface area (Å²) in [5, 5.41) is 44.7. The van der Waals surface area contributed by atoms with Crippen LogP contribution in [0.4, 0.5) is 17.5 Å². The fourth-order valence-corrected chi connectivity index (χ4v) is 3.19. The number of nitro benzene ring substituents is 1. The van der Waals surface area contributed by atoms with Gasteiger partial charge in [-0.2, -0.15) is 5.10 Å². The SMILES string of the molecule is Nc1ncnc2c1nc(N/N=C/c1ccc([N+](=O)[O-])cc1)n2[C@@H]1O[C@H](CO)[C@@H](O)[C@H]1O. The lowest BCUT2D eigenvalue weighted by Crippen LogP contribution is -2.33. The highest BCUT2D eigenvalue weighted by Gasteiger charge is 2.45. The average molecular weight is 430 g/mol. The van der Waals surface area contributed by atoms with E-state index < -0.39 is 36.1 Å². The molecule has 4 rings (SSSR count). The Morgan fingerprint density at radius 3 is 2.68 bits per heavy atom. The minimum absolute atomic E-state index is 0.0506. The zero-order chi connectivity index (χ0) is 22.1. The highest BCUT2D eigenvalue weighted by atomic mass is 16.6. The van der Waals surface area contributed by atoms with E-state index in [-0.39, 0.29) is 28.6 Å². The van der Waals surface area contributed by atoms with Crippen LogP contribution in [0.2, 0.25) is 0 Å². The van der Waals surface area contributed by atoms with Crippen molar-refractivity contribution in [2.24, 2.45) is 5.10 Å². The number of ether oxygens (including phenoxy) is 1. The molecule has 0 bridgehead atoms. The molecule has 31 heavy (non-hydrogen) atoms. The summed E-state index contributed by atoms with van der Waals surface area (Å²) in [4.78, 5) is 22.5. The van der Waals surface area contributed by atoms with Gasteiger partial charge in [-0.25, -0.2) is 20.4 Å². The van der Waals surface area contributed by atoms with Crippen LogP contribution >= 0.6 is 0 Å². The average Bonchev–Trinajstić information content (AvgIpc) is 3.26. The Balaban J connectivity index is 1.66. The van der Waals surface area contributed by atoms with Crippen molar-refractivity contribution in [2.45, 2.75) is 24.5 Å². The number of hydrogen-bond acceptors (Lipinski definition) is 12. The van der Waals surface area contributed by atoms with E-state index >= 15 is 0 Å². The van der Waals surface area contributed by atoms with Gasteiger partial charge in [-0.1, -0.05) is 0 Å². The molecule has 1 aliphatic rings. The summed E-state index contributed by atoms with van der Waals surface area (Å²) in [7, 11) is 0. The van der Waals surface area contributed by atoms with Crippen molar-refractivity contribution in [3.05, 3.63) is 46.3 Å². The maximum atomic E-state index is 10.7. The van der Waals surface area contributed by atoms with E-state index in [1.54, 1.807) is 0 Å². The molecule has 0 amide bonds. The third-order valence-electron chi connectivity index (χ3n) is 4.76. The van der Waals surface area contributed by atoms with Crippen LogP contribution in [-0.4, -0.2) is 70.9 Å². The Labute approximate surface area is 173 Å². The van der Waals surface area contributed by atoms with Crippen molar-refractivity contribution in [3.63, 3.8) is 0 Å². The molecule has 162 valence electrons. The first-order valence-electron chi connectivity index (χ1n) is 9.05. The first-order chi connectivity index (χ1) is 14.9. The van der Waals surface area contributed by atoms with Gasteiger partial charge in [0.25, 0.3) is 5.69 Å². The second-order valence-corrected chi connectivity index (χ2v) is 6.68. The molecule has 14 heteroatoms. The number of aliphatic hydroxyl groups is 3. The number of nitro groups is 1. The molecule has 0 spiro atoms. The van der Waals surface area contributed by atoms with E-state index in [0.717, 1.165) is 0 Å². The number of nitrogens with two attached hydrogens (primary N) is 1. The van der Waals surface area contributed by atoms with Gasteiger partial charge < -0.3 is 25.8 Å². The quantitative estimate of drug-likeness (QED) is 0.189. The van der Waals surface area contributed by atoms with Gasteiger partial charge in [-0.05, 0) is 17.7 Å². The van der Waals surface area contributed by atoms with Crippen molar-refractivity contribution in [1.29, 1.82) is 0 Å². The fraction of sp³-hybridized carbons (Fsp3) is 0.294. The number of fused-ring (bicyclic) bond motifs is 1. The number of hydrazone groups is 1. The van der Waals surface area contributed by atoms with E-state index in [1.165, 1.54) is 41.4 Å². The lowest BCUT2D eigenvalue weighted by Gasteiger charge is -2.18. The smallest absolute Gasteiger partial charge is 0.269 e. The van der Waals surface area contributed by atoms with E-state index in [9.17, 15) is 25.4 Å². The summed E-state index contributed by atoms with van der Waals surface area (Å²) in [6.07, 6.45) is -2.24. The second-order valence-electron chi connectivity index (χ2n) is 6.68. The third kappa shape index (κ3) is 3.75. The van der Waals surface area contributed by atoms with Gasteiger partial charge >= 0.3 is 0 Å². The number of non-ortho nitro benzene ring substituents is 1. The van der Waals surface area contributed by atoms with Crippen molar-refractivity contribution in [2.75, 3.05) is 17.8 Å². The molecule has 3 aromatic rings. The van der Waals surface area contributed by atoms with Gasteiger partial charge in [-0.15, -0.1) is 0 Å². The number of nitrogens with zero attached hydrogens (tertiary/aromatic N) is 6. The summed E-state index contributed by atoms with van der Waals surface area (Å²) < 4.78 is 6.94. The highest BCUT2D eigenvalue weighted by molar-refractivity contribution is 5.84. The first-order valence-corrected chi connectivity index (χ1v) is 9.05. The molecular weight excluding hydrogens is 412 g/mol. The molecule has 1 fully saturated rings. The van der Waals surface area contributed by atoms with E-state index in [1.807, 2.05) is 0 Å². The monoisotopic (exact) mass is 430 g/mol. The van der Waals surface area contributed by atoms with E-state index in [0.29, 0.717) is 5.56 Å². The number of nitrogens with one attached hydrogen (secondary N) is 1. The number of benzene rings is 1. The number of rotatable bonds is 6. The summed E-state index contributed by atoms with van der Waals surface area (Å²) in [5.41, 5.74) is 9.52. The molecule has 0 radical (unpaired) electrons. The van der Waals surface area contributed by atoms with Gasteiger partial charge in [0.1, 0.15) is 24.6 Å². The Kier molecular flexibility index (Phi) is 5.43. The fourth-order valence-electron chi connectivity index (χ4n) is 3.19. The minimum Gasteiger partial charge on any atom is -0.394 e. The Morgan fingerprint density at radius 1 is 1.29 bits per heavy atom. The lowest BCUT2D eigenvalue weighted by atomic mass is 10.1. The van der Waals surface area contributed by atoms with E-state index in [4.69, 9.17) is 10.5 Å². The molecule has 3 heterocycles. The minimum atomic E-state index is -1.38. The zero-order valence-corrected chi connectivity index (χ0v) is 15.8. The van der Waals surface area contributed by atoms with E-state index in [2.05, 4.69) is 25.5 Å². The predicted octanol–water partition coefficient (Wildman–Crippen LogP) is -0.626. The summed E-state index contributed by atoms with van der Waals surface area (Å²) in [5.74, 6) is 0.160. The number of hydrogen-bond donors (Lipinski definition) is 5. The summed E-state index contributed by atoms with van der Waals surface area (Å²) in [6, 6.07) is 5.71. The molecule has 6 N–H and O–H groups in total. The first kappa shape index (κ1) is 20.5. The molecule has 4 atom stereocenters. The van der Waals surface area contributed by atoms with Crippen LogP contribution in [0.25, 0.3) is 11.2 Å². The van der Waals surface area contributed by atoms with Crippen LogP contribution < -0.4 is 11.2 Å². The molecule has 0 saturated carbocycles. The number of nitrogen functional groups attached to an aromatic ring is 1. The molecule has 2 aromatic heterocycles. The van der Waals surface area contributed by atoms with Crippen LogP contribution in [0.15, 0.2) is 35.7 Å². The molecule has 1 aliphatic heterocycles. The van der Waals surface area contributed by atoms with Gasteiger partial charge in [0.2, 0.25) is 5.95 Å². The van der Waals surface area contributed by atoms with Crippen LogP contribution in [-0.2, 0) is 4.74 Å². The second kappa shape index (κ2) is 8.19. The van der Waals surface area contributed by atoms with Gasteiger partial charge in [0, 0.05) is 12.1 Å². The molecule has 0 unspecified atom stereocenters. The molecule has 1 aromatic carbocycles. The number of imidazole rings is 1. The molecule has 0 aliphatic carbocycles. The lowest BCUT2D eigenvalue weighted by molar-refractivity contribution is -0.384. The normalized spacial score (nSPS) is 23.6. The Morgan fingerprint density at radius 2 is 2.03 bits per heavy atom. The maximum absolute atomic E-state index is 10.7. The third-order valence-corrected chi connectivity index (χ3v) is 4.76. The van der Waals surface area contributed by atoms with Gasteiger partial charge in [0.15, 0.2) is 23.2 Å². The number of aromatic nitrogens is 4. The maximum Gasteiger partial charge on any atom is 0.269 e. The highest BCUT2D eigenvalue weighted by Crippen LogP contribution is 2.35. The van der Waals surface area contributed by atoms with Crippen LogP contribution in [0.1, 0.15) is 11.8 Å². The van der Waals surface area contributed by atoms with Crippen molar-refractivity contribution in [3.8, 4) is 0 Å². The molecule has 14 nitrogen and oxygen atoms in total. The number of aliphatic hydroxyl groups excluding tert-OH is 3. The van der Waals surface area contributed by atoms with Crippen molar-refractivity contribution < 1.29 is 25.0 Å². The topological polar surface area (TPSA) is 207 Å². The standard InChI is InChI=1S/C17H18N8O6/c18-14-11-15(20-7-19-14)24(16-13(28)12(27)10(6-26)31-16)17(22-11)23-21-5-8-1-3-9(4-2-8)25(29)30/h1-5,7,10,12-13,16,26-28H,6H2,(H,22,23)(H2,18,19,20)/b21-5+/t10-,12-,13-,16-/m1/s1. The van der Waals surface area contributed by atoms with Gasteiger partial charge in [-0.3, -0.25) is 14.7 Å². The predicted molar refractivity (Wildman–Crippen MR) is 107 cm³/mol. The summed E-state index contributed by atoms with van der Waals surface area (Å²) >= 11 is 0. The van der Waals surface area contributed by atoms with Gasteiger partial charge in [0.05, 0.1) is 17.7 Å². The van der Waals surface area contributed by atoms with Crippen molar-refractivity contribution >= 4 is 34.8 Å². The molecular formula is C17H18N8O6. The summed E-state index contributed by atoms with van der Waals surface area (Å²) in [6.45, 7) is -0.500. The Hall–Kier alpha value is -3.72. The zero-order valence-electron chi connectivity index (χ0n) is 15.8. The van der Waals surface area contributed by atoms with Crippen LogP contribution in [0, 0.1) is 10.1 Å². The largest absolute Gasteiger partial charge is 0.394 e. The van der Waals surface area contributed by atoms with Crippen molar-refractivity contribution in [1.82, 2.24) is 19.5 Å². The number of anilines is 2. The van der Waals surface area contributed by atoms with Crippen LogP contribution in [0.3, 0.4) is 0 Å². The Bertz CT molecular complexity index is 1130. The van der Waals surface area contributed by atoms with Crippen LogP contribution in [0.5, 0.6) is 0 Å². The molecule has 1 saturated heterocycles.